The first-order valence-corrected chi connectivity index (χ1v) is 8.47. The second kappa shape index (κ2) is 6.44. The standard InChI is InChI=1S/C14H15N3O2S2/c1-2-9-5-3-4-6-10(9)15-13-16-17-14(21-13)20-11-7-8-19-12(11)18/h3-6,11H,2,7-8H2,1H3,(H,15,16)/t11-/m1/s1. The lowest BCUT2D eigenvalue weighted by molar-refractivity contribution is -0.137. The number of rotatable bonds is 5. The maximum absolute atomic E-state index is 11.5. The molecule has 21 heavy (non-hydrogen) atoms. The molecule has 2 aromatic rings. The summed E-state index contributed by atoms with van der Waals surface area (Å²) in [6.07, 6.45) is 1.70. The summed E-state index contributed by atoms with van der Waals surface area (Å²) in [5.74, 6) is -0.152. The number of hydrogen-bond acceptors (Lipinski definition) is 7. The monoisotopic (exact) mass is 321 g/mol. The highest BCUT2D eigenvalue weighted by Crippen LogP contribution is 2.34. The molecule has 0 unspecified atom stereocenters. The lowest BCUT2D eigenvalue weighted by Crippen LogP contribution is -2.08. The Morgan fingerprint density at radius 2 is 2.29 bits per heavy atom. The van der Waals surface area contributed by atoms with Gasteiger partial charge in [-0.2, -0.15) is 0 Å². The summed E-state index contributed by atoms with van der Waals surface area (Å²) in [5, 5.41) is 12.2. The first-order chi connectivity index (χ1) is 10.3. The lowest BCUT2D eigenvalue weighted by Gasteiger charge is -2.07. The molecule has 0 bridgehead atoms. The predicted octanol–water partition coefficient (Wildman–Crippen LogP) is 3.25. The van der Waals surface area contributed by atoms with Crippen molar-refractivity contribution in [1.82, 2.24) is 10.2 Å². The van der Waals surface area contributed by atoms with Gasteiger partial charge >= 0.3 is 5.97 Å². The topological polar surface area (TPSA) is 64.1 Å². The van der Waals surface area contributed by atoms with Crippen molar-refractivity contribution in [3.8, 4) is 0 Å². The number of carbonyl (C=O) groups is 1. The summed E-state index contributed by atoms with van der Waals surface area (Å²) in [5.41, 5.74) is 2.29. The number of thioether (sulfide) groups is 1. The molecule has 1 aromatic carbocycles. The fourth-order valence-electron chi connectivity index (χ4n) is 2.08. The highest BCUT2D eigenvalue weighted by molar-refractivity contribution is 8.02. The van der Waals surface area contributed by atoms with Crippen molar-refractivity contribution >= 4 is 39.9 Å². The molecule has 2 heterocycles. The van der Waals surface area contributed by atoms with Crippen molar-refractivity contribution in [3.63, 3.8) is 0 Å². The number of carbonyl (C=O) groups excluding carboxylic acids is 1. The molecule has 1 aliphatic rings. The van der Waals surface area contributed by atoms with Gasteiger partial charge in [0.1, 0.15) is 5.25 Å². The molecule has 7 heteroatoms. The maximum atomic E-state index is 11.5. The first-order valence-electron chi connectivity index (χ1n) is 6.78. The van der Waals surface area contributed by atoms with Crippen LogP contribution in [0.1, 0.15) is 18.9 Å². The maximum Gasteiger partial charge on any atom is 0.319 e. The van der Waals surface area contributed by atoms with Gasteiger partial charge in [0.25, 0.3) is 0 Å². The SMILES string of the molecule is CCc1ccccc1Nc1nnc(S[C@@H]2CCOC2=O)s1. The molecule has 1 saturated heterocycles. The van der Waals surface area contributed by atoms with Crippen LogP contribution in [0.15, 0.2) is 28.6 Å². The van der Waals surface area contributed by atoms with Gasteiger partial charge in [-0.15, -0.1) is 10.2 Å². The van der Waals surface area contributed by atoms with Crippen molar-refractivity contribution in [2.24, 2.45) is 0 Å². The number of nitrogens with one attached hydrogen (secondary N) is 1. The first kappa shape index (κ1) is 14.3. The van der Waals surface area contributed by atoms with Crippen LogP contribution in [0.2, 0.25) is 0 Å². The minimum Gasteiger partial charge on any atom is -0.465 e. The quantitative estimate of drug-likeness (QED) is 0.853. The highest BCUT2D eigenvalue weighted by Gasteiger charge is 2.28. The zero-order valence-corrected chi connectivity index (χ0v) is 13.2. The molecule has 1 N–H and O–H groups in total. The van der Waals surface area contributed by atoms with Crippen LogP contribution in [-0.2, 0) is 16.0 Å². The Labute approximate surface area is 131 Å². The van der Waals surface area contributed by atoms with E-state index in [1.165, 1.54) is 28.7 Å². The van der Waals surface area contributed by atoms with Crippen LogP contribution in [0.3, 0.4) is 0 Å². The Balaban J connectivity index is 1.69. The summed E-state index contributed by atoms with van der Waals surface area (Å²) in [4.78, 5) is 11.5. The second-order valence-electron chi connectivity index (χ2n) is 4.57. The van der Waals surface area contributed by atoms with Gasteiger partial charge < -0.3 is 10.1 Å². The van der Waals surface area contributed by atoms with Crippen molar-refractivity contribution in [3.05, 3.63) is 29.8 Å². The van der Waals surface area contributed by atoms with Crippen molar-refractivity contribution in [2.75, 3.05) is 11.9 Å². The van der Waals surface area contributed by atoms with Crippen molar-refractivity contribution < 1.29 is 9.53 Å². The number of hydrogen-bond donors (Lipinski definition) is 1. The van der Waals surface area contributed by atoms with E-state index in [0.717, 1.165) is 28.0 Å². The van der Waals surface area contributed by atoms with Gasteiger partial charge in [-0.25, -0.2) is 0 Å². The molecule has 1 fully saturated rings. The van der Waals surface area contributed by atoms with Gasteiger partial charge in [0, 0.05) is 12.1 Å². The minimum atomic E-state index is -0.152. The van der Waals surface area contributed by atoms with E-state index in [9.17, 15) is 4.79 Å². The number of aromatic nitrogens is 2. The number of nitrogens with zero attached hydrogens (tertiary/aromatic N) is 2. The van der Waals surface area contributed by atoms with Gasteiger partial charge in [-0.1, -0.05) is 48.2 Å². The number of aryl methyl sites for hydroxylation is 1. The zero-order valence-electron chi connectivity index (χ0n) is 11.5. The van der Waals surface area contributed by atoms with Crippen LogP contribution in [0.5, 0.6) is 0 Å². The summed E-state index contributed by atoms with van der Waals surface area (Å²) >= 11 is 2.89. The van der Waals surface area contributed by atoms with Crippen LogP contribution in [0.25, 0.3) is 0 Å². The Hall–Kier alpha value is -1.60. The third-order valence-electron chi connectivity index (χ3n) is 3.18. The third-order valence-corrected chi connectivity index (χ3v) is 5.34. The molecule has 110 valence electrons. The summed E-state index contributed by atoms with van der Waals surface area (Å²) in [6, 6.07) is 8.14. The summed E-state index contributed by atoms with van der Waals surface area (Å²) in [7, 11) is 0. The van der Waals surface area contributed by atoms with E-state index in [-0.39, 0.29) is 11.2 Å². The van der Waals surface area contributed by atoms with Gasteiger partial charge in [-0.05, 0) is 18.1 Å². The molecular weight excluding hydrogens is 306 g/mol. The molecule has 5 nitrogen and oxygen atoms in total. The van der Waals surface area contributed by atoms with E-state index in [2.05, 4.69) is 28.5 Å². The van der Waals surface area contributed by atoms with Crippen molar-refractivity contribution in [1.29, 1.82) is 0 Å². The normalized spacial score (nSPS) is 17.8. The predicted molar refractivity (Wildman–Crippen MR) is 84.2 cm³/mol. The molecule has 0 spiro atoms. The van der Waals surface area contributed by atoms with Gasteiger partial charge in [0.2, 0.25) is 5.13 Å². The fourth-order valence-corrected chi connectivity index (χ4v) is 4.06. The number of para-hydroxylation sites is 1. The molecule has 3 rings (SSSR count). The van der Waals surface area contributed by atoms with Crippen LogP contribution in [-0.4, -0.2) is 28.0 Å². The smallest absolute Gasteiger partial charge is 0.319 e. The van der Waals surface area contributed by atoms with Gasteiger partial charge in [0.15, 0.2) is 4.34 Å². The zero-order chi connectivity index (χ0) is 14.7. The Kier molecular flexibility index (Phi) is 4.40. The van der Waals surface area contributed by atoms with Crippen LogP contribution < -0.4 is 5.32 Å². The van der Waals surface area contributed by atoms with E-state index in [4.69, 9.17) is 4.74 Å². The molecule has 0 aliphatic carbocycles. The van der Waals surface area contributed by atoms with E-state index in [1.54, 1.807) is 0 Å². The number of esters is 1. The second-order valence-corrected chi connectivity index (χ2v) is 7.00. The number of cyclic esters (lactones) is 1. The molecule has 0 radical (unpaired) electrons. The average molecular weight is 321 g/mol. The fraction of sp³-hybridized carbons (Fsp3) is 0.357. The Morgan fingerprint density at radius 3 is 3.05 bits per heavy atom. The molecule has 0 saturated carbocycles. The minimum absolute atomic E-state index is 0.145. The number of benzene rings is 1. The van der Waals surface area contributed by atoms with Crippen LogP contribution in [0.4, 0.5) is 10.8 Å². The average Bonchev–Trinajstić information content (AvgIpc) is 3.10. The number of anilines is 2. The highest BCUT2D eigenvalue weighted by atomic mass is 32.2. The van der Waals surface area contributed by atoms with E-state index < -0.39 is 0 Å². The van der Waals surface area contributed by atoms with Crippen molar-refractivity contribution in [2.45, 2.75) is 29.4 Å². The summed E-state index contributed by atoms with van der Waals surface area (Å²) in [6.45, 7) is 2.62. The molecule has 1 aliphatic heterocycles. The molecule has 1 aromatic heterocycles. The van der Waals surface area contributed by atoms with Gasteiger partial charge in [-0.3, -0.25) is 4.79 Å². The lowest BCUT2D eigenvalue weighted by atomic mass is 10.1. The van der Waals surface area contributed by atoms with Gasteiger partial charge in [0.05, 0.1) is 6.61 Å². The Morgan fingerprint density at radius 1 is 1.43 bits per heavy atom. The van der Waals surface area contributed by atoms with E-state index >= 15 is 0 Å². The van der Waals surface area contributed by atoms with E-state index in [0.29, 0.717) is 6.61 Å². The number of ether oxygens (including phenoxy) is 1. The van der Waals surface area contributed by atoms with Crippen LogP contribution in [0, 0.1) is 0 Å². The molecule has 1 atom stereocenters. The molecule has 0 amide bonds. The third kappa shape index (κ3) is 3.36. The van der Waals surface area contributed by atoms with E-state index in [1.807, 2.05) is 18.2 Å². The summed E-state index contributed by atoms with van der Waals surface area (Å²) < 4.78 is 5.74. The Bertz CT molecular complexity index is 645. The molecular formula is C14H15N3O2S2. The largest absolute Gasteiger partial charge is 0.465 e. The van der Waals surface area contributed by atoms with Crippen LogP contribution >= 0.6 is 23.1 Å².